The normalized spacial score (nSPS) is 25.2. The summed E-state index contributed by atoms with van der Waals surface area (Å²) in [6.07, 6.45) is -0.616. The van der Waals surface area contributed by atoms with Crippen LogP contribution in [0.25, 0.3) is 0 Å². The van der Waals surface area contributed by atoms with Crippen molar-refractivity contribution >= 4 is 12.1 Å². The predicted molar refractivity (Wildman–Crippen MR) is 55.1 cm³/mol. The van der Waals surface area contributed by atoms with Crippen LogP contribution in [0.3, 0.4) is 0 Å². The van der Waals surface area contributed by atoms with Crippen molar-refractivity contribution in [2.45, 2.75) is 32.4 Å². The van der Waals surface area contributed by atoms with E-state index in [9.17, 15) is 9.59 Å². The van der Waals surface area contributed by atoms with Gasteiger partial charge in [-0.1, -0.05) is 0 Å². The fourth-order valence-electron chi connectivity index (χ4n) is 1.40. The van der Waals surface area contributed by atoms with Gasteiger partial charge in [-0.25, -0.2) is 4.79 Å². The highest BCUT2D eigenvalue weighted by Gasteiger charge is 2.35. The van der Waals surface area contributed by atoms with Gasteiger partial charge in [-0.15, -0.1) is 0 Å². The topological polar surface area (TPSA) is 84.9 Å². The number of carbonyl (C=O) groups excluding carboxylic acids is 1. The first-order valence-corrected chi connectivity index (χ1v) is 5.09. The maximum absolute atomic E-state index is 11.4. The fraction of sp³-hybridized carbons (Fsp3) is 0.800. The minimum Gasteiger partial charge on any atom is -0.481 e. The molecule has 1 saturated heterocycles. The highest BCUT2D eigenvalue weighted by molar-refractivity contribution is 5.74. The van der Waals surface area contributed by atoms with Crippen molar-refractivity contribution in [3.63, 3.8) is 0 Å². The zero-order valence-electron chi connectivity index (χ0n) is 9.65. The van der Waals surface area contributed by atoms with Crippen LogP contribution in [0, 0.1) is 5.92 Å². The van der Waals surface area contributed by atoms with Gasteiger partial charge in [0.2, 0.25) is 0 Å². The van der Waals surface area contributed by atoms with Crippen molar-refractivity contribution < 1.29 is 24.2 Å². The Kier molecular flexibility index (Phi) is 3.74. The van der Waals surface area contributed by atoms with Gasteiger partial charge >= 0.3 is 12.1 Å². The van der Waals surface area contributed by atoms with Gasteiger partial charge in [-0.3, -0.25) is 4.79 Å². The Balaban J connectivity index is 2.47. The molecule has 0 aromatic rings. The van der Waals surface area contributed by atoms with Crippen molar-refractivity contribution in [2.24, 2.45) is 5.92 Å². The van der Waals surface area contributed by atoms with Crippen LogP contribution >= 0.6 is 0 Å². The van der Waals surface area contributed by atoms with Crippen LogP contribution in [-0.4, -0.2) is 42.0 Å². The van der Waals surface area contributed by atoms with Gasteiger partial charge in [0, 0.05) is 0 Å². The van der Waals surface area contributed by atoms with E-state index in [1.165, 1.54) is 0 Å². The molecule has 0 bridgehead atoms. The van der Waals surface area contributed by atoms with Crippen LogP contribution in [0.1, 0.15) is 20.8 Å². The predicted octanol–water partition coefficient (Wildman–Crippen LogP) is 0.611. The lowest BCUT2D eigenvalue weighted by atomic mass is 10.0. The molecule has 1 heterocycles. The summed E-state index contributed by atoms with van der Waals surface area (Å²) >= 11 is 0. The first-order valence-electron chi connectivity index (χ1n) is 5.09. The lowest BCUT2D eigenvalue weighted by Gasteiger charge is -2.22. The number of carboxylic acid groups (broad SMARTS) is 1. The smallest absolute Gasteiger partial charge is 0.407 e. The number of alkyl carbamates (subject to hydrolysis) is 1. The van der Waals surface area contributed by atoms with Crippen LogP contribution < -0.4 is 5.32 Å². The number of nitrogens with one attached hydrogen (secondary N) is 1. The summed E-state index contributed by atoms with van der Waals surface area (Å²) in [5.41, 5.74) is -0.595. The second-order valence-corrected chi connectivity index (χ2v) is 4.73. The van der Waals surface area contributed by atoms with Gasteiger partial charge in [0.1, 0.15) is 11.5 Å². The lowest BCUT2D eigenvalue weighted by molar-refractivity contribution is -0.142. The van der Waals surface area contributed by atoms with Crippen molar-refractivity contribution in [3.05, 3.63) is 0 Å². The standard InChI is InChI=1S/C10H17NO5/c1-10(2,3)16-9(14)11-7-5-15-4-6(7)8(12)13/h6-7H,4-5H2,1-3H3,(H,11,14)(H,12,13)/t6-,7?/m1/s1. The summed E-state index contributed by atoms with van der Waals surface area (Å²) in [5.74, 6) is -1.67. The Bertz CT molecular complexity index is 283. The zero-order chi connectivity index (χ0) is 12.3. The van der Waals surface area contributed by atoms with E-state index in [1.54, 1.807) is 20.8 Å². The summed E-state index contributed by atoms with van der Waals surface area (Å²) in [5, 5.41) is 11.4. The SMILES string of the molecule is CC(C)(C)OC(=O)NC1COC[C@H]1C(=O)O. The van der Waals surface area contributed by atoms with Crippen molar-refractivity contribution in [1.82, 2.24) is 5.32 Å². The molecule has 1 aliphatic heterocycles. The molecule has 92 valence electrons. The molecule has 1 unspecified atom stereocenters. The highest BCUT2D eigenvalue weighted by Crippen LogP contribution is 2.15. The van der Waals surface area contributed by atoms with Crippen LogP contribution in [0.15, 0.2) is 0 Å². The van der Waals surface area contributed by atoms with Crippen molar-refractivity contribution in [3.8, 4) is 0 Å². The minimum atomic E-state index is -0.974. The third-order valence-electron chi connectivity index (χ3n) is 2.10. The van der Waals surface area contributed by atoms with E-state index >= 15 is 0 Å². The fourth-order valence-corrected chi connectivity index (χ4v) is 1.40. The van der Waals surface area contributed by atoms with Gasteiger partial charge < -0.3 is 19.9 Å². The molecule has 1 fully saturated rings. The zero-order valence-corrected chi connectivity index (χ0v) is 9.65. The molecule has 6 heteroatoms. The first kappa shape index (κ1) is 12.8. The number of hydrogen-bond donors (Lipinski definition) is 2. The monoisotopic (exact) mass is 231 g/mol. The number of amides is 1. The van der Waals surface area contributed by atoms with E-state index in [0.29, 0.717) is 0 Å². The molecule has 0 spiro atoms. The van der Waals surface area contributed by atoms with Crippen molar-refractivity contribution in [1.29, 1.82) is 0 Å². The Labute approximate surface area is 93.9 Å². The largest absolute Gasteiger partial charge is 0.481 e. The van der Waals surface area contributed by atoms with E-state index in [1.807, 2.05) is 0 Å². The second-order valence-electron chi connectivity index (χ2n) is 4.73. The minimum absolute atomic E-state index is 0.121. The van der Waals surface area contributed by atoms with Gasteiger partial charge in [-0.2, -0.15) is 0 Å². The molecule has 0 radical (unpaired) electrons. The molecule has 1 aliphatic rings. The molecular formula is C10H17NO5. The summed E-state index contributed by atoms with van der Waals surface area (Å²) in [7, 11) is 0. The number of rotatable bonds is 2. The number of aliphatic carboxylic acids is 1. The maximum atomic E-state index is 11.4. The third kappa shape index (κ3) is 3.69. The number of carboxylic acids is 1. The third-order valence-corrected chi connectivity index (χ3v) is 2.10. The Morgan fingerprint density at radius 2 is 2.00 bits per heavy atom. The van der Waals surface area contributed by atoms with E-state index < -0.39 is 29.6 Å². The Hall–Kier alpha value is -1.30. The maximum Gasteiger partial charge on any atom is 0.407 e. The average Bonchev–Trinajstić information content (AvgIpc) is 2.47. The van der Waals surface area contributed by atoms with Gasteiger partial charge in [-0.05, 0) is 20.8 Å². The van der Waals surface area contributed by atoms with E-state index in [4.69, 9.17) is 14.6 Å². The summed E-state index contributed by atoms with van der Waals surface area (Å²) in [4.78, 5) is 22.2. The van der Waals surface area contributed by atoms with Crippen molar-refractivity contribution in [2.75, 3.05) is 13.2 Å². The summed E-state index contributed by atoms with van der Waals surface area (Å²) < 4.78 is 10.0. The van der Waals surface area contributed by atoms with Gasteiger partial charge in [0.05, 0.1) is 19.3 Å². The second kappa shape index (κ2) is 4.69. The summed E-state index contributed by atoms with van der Waals surface area (Å²) in [6.45, 7) is 5.55. The molecule has 16 heavy (non-hydrogen) atoms. The number of ether oxygens (including phenoxy) is 2. The molecule has 2 atom stereocenters. The average molecular weight is 231 g/mol. The molecule has 2 N–H and O–H groups in total. The van der Waals surface area contributed by atoms with Gasteiger partial charge in [0.25, 0.3) is 0 Å². The quantitative estimate of drug-likeness (QED) is 0.727. The molecule has 6 nitrogen and oxygen atoms in total. The lowest BCUT2D eigenvalue weighted by Crippen LogP contribution is -2.44. The van der Waals surface area contributed by atoms with Crippen LogP contribution in [0.4, 0.5) is 4.79 Å². The molecule has 0 aromatic heterocycles. The van der Waals surface area contributed by atoms with Crippen LogP contribution in [0.2, 0.25) is 0 Å². The van der Waals surface area contributed by atoms with Crippen LogP contribution in [0.5, 0.6) is 0 Å². The molecule has 0 saturated carbocycles. The van der Waals surface area contributed by atoms with Gasteiger partial charge in [0.15, 0.2) is 0 Å². The Morgan fingerprint density at radius 3 is 2.50 bits per heavy atom. The van der Waals surface area contributed by atoms with E-state index in [2.05, 4.69) is 5.32 Å². The molecule has 1 rings (SSSR count). The molecule has 0 aliphatic carbocycles. The van der Waals surface area contributed by atoms with E-state index in [-0.39, 0.29) is 13.2 Å². The number of carbonyl (C=O) groups is 2. The number of hydrogen-bond acceptors (Lipinski definition) is 4. The molecule has 1 amide bonds. The van der Waals surface area contributed by atoms with Crippen LogP contribution in [-0.2, 0) is 14.3 Å². The van der Waals surface area contributed by atoms with E-state index in [0.717, 1.165) is 0 Å². The highest BCUT2D eigenvalue weighted by atomic mass is 16.6. The first-order chi connectivity index (χ1) is 7.29. The molecule has 0 aromatic carbocycles. The summed E-state index contributed by atoms with van der Waals surface area (Å²) in [6, 6.07) is -0.521. The molecular weight excluding hydrogens is 214 g/mol. The Morgan fingerprint density at radius 1 is 1.38 bits per heavy atom.